The summed E-state index contributed by atoms with van der Waals surface area (Å²) in [5.41, 5.74) is 2.73. The van der Waals surface area contributed by atoms with Gasteiger partial charge in [0.05, 0.1) is 0 Å². The summed E-state index contributed by atoms with van der Waals surface area (Å²) in [4.78, 5) is 2.37. The molecule has 1 aromatic rings. The second-order valence-corrected chi connectivity index (χ2v) is 5.14. The van der Waals surface area contributed by atoms with Gasteiger partial charge in [0.25, 0.3) is 0 Å². The number of hydrogen-bond acceptors (Lipinski definition) is 2. The van der Waals surface area contributed by atoms with Crippen LogP contribution >= 0.6 is 0 Å². The molecule has 0 aliphatic heterocycles. The van der Waals surface area contributed by atoms with Gasteiger partial charge in [-0.15, -0.1) is 0 Å². The molecule has 17 heavy (non-hydrogen) atoms. The normalized spacial score (nSPS) is 14.9. The highest BCUT2D eigenvalue weighted by Crippen LogP contribution is 2.19. The molecule has 0 aromatic heterocycles. The van der Waals surface area contributed by atoms with E-state index in [4.69, 9.17) is 0 Å². The van der Waals surface area contributed by atoms with E-state index < -0.39 is 0 Å². The first-order chi connectivity index (χ1) is 8.27. The first-order valence-corrected chi connectivity index (χ1v) is 6.77. The van der Waals surface area contributed by atoms with Crippen molar-refractivity contribution in [3.8, 4) is 0 Å². The molecule has 1 fully saturated rings. The number of para-hydroxylation sites is 1. The Bertz CT molecular complexity index is 345. The molecule has 0 radical (unpaired) electrons. The summed E-state index contributed by atoms with van der Waals surface area (Å²) in [6.07, 6.45) is 5.34. The van der Waals surface area contributed by atoms with E-state index in [0.29, 0.717) is 0 Å². The Balaban J connectivity index is 1.65. The average Bonchev–Trinajstić information content (AvgIpc) is 3.13. The lowest BCUT2D eigenvalue weighted by Gasteiger charge is -2.21. The molecule has 1 aliphatic rings. The fourth-order valence-corrected chi connectivity index (χ4v) is 2.18. The molecule has 1 saturated carbocycles. The minimum Gasteiger partial charge on any atom is -0.374 e. The molecule has 2 rings (SSSR count). The zero-order valence-electron chi connectivity index (χ0n) is 11.1. The highest BCUT2D eigenvalue weighted by molar-refractivity contribution is 5.52. The van der Waals surface area contributed by atoms with Gasteiger partial charge < -0.3 is 10.2 Å². The van der Waals surface area contributed by atoms with E-state index in [-0.39, 0.29) is 0 Å². The van der Waals surface area contributed by atoms with E-state index in [0.717, 1.165) is 12.6 Å². The van der Waals surface area contributed by atoms with E-state index in [9.17, 15) is 0 Å². The quantitative estimate of drug-likeness (QED) is 0.727. The number of hydrogen-bond donors (Lipinski definition) is 1. The van der Waals surface area contributed by atoms with Crippen molar-refractivity contribution >= 4 is 5.69 Å². The second-order valence-electron chi connectivity index (χ2n) is 5.14. The Morgan fingerprint density at radius 2 is 2.00 bits per heavy atom. The van der Waals surface area contributed by atoms with Crippen molar-refractivity contribution in [1.82, 2.24) is 5.32 Å². The molecule has 1 N–H and O–H groups in total. The fraction of sp³-hybridized carbons (Fsp3) is 0.600. The molecular formula is C15H24N2. The van der Waals surface area contributed by atoms with Gasteiger partial charge in [0.15, 0.2) is 0 Å². The summed E-state index contributed by atoms with van der Waals surface area (Å²) in [7, 11) is 2.19. The lowest BCUT2D eigenvalue weighted by molar-refractivity contribution is 0.618. The second kappa shape index (κ2) is 6.06. The highest BCUT2D eigenvalue weighted by atomic mass is 15.1. The van der Waals surface area contributed by atoms with Gasteiger partial charge in [-0.25, -0.2) is 0 Å². The Kier molecular flexibility index (Phi) is 4.43. The molecule has 94 valence electrons. The van der Waals surface area contributed by atoms with Crippen LogP contribution in [-0.4, -0.2) is 26.2 Å². The Hall–Kier alpha value is -1.02. The molecule has 0 unspecified atom stereocenters. The number of nitrogens with one attached hydrogen (secondary N) is 1. The van der Waals surface area contributed by atoms with Crippen LogP contribution in [0.2, 0.25) is 0 Å². The molecule has 0 amide bonds. The number of nitrogens with zero attached hydrogens (tertiary/aromatic N) is 1. The smallest absolute Gasteiger partial charge is 0.0393 e. The maximum absolute atomic E-state index is 3.56. The maximum Gasteiger partial charge on any atom is 0.0393 e. The minimum absolute atomic E-state index is 0.851. The van der Waals surface area contributed by atoms with Crippen molar-refractivity contribution in [2.75, 3.05) is 25.0 Å². The van der Waals surface area contributed by atoms with Gasteiger partial charge in [-0.1, -0.05) is 18.2 Å². The van der Waals surface area contributed by atoms with Crippen molar-refractivity contribution in [3.05, 3.63) is 29.8 Å². The zero-order chi connectivity index (χ0) is 12.1. The molecule has 1 aromatic carbocycles. The van der Waals surface area contributed by atoms with E-state index in [1.54, 1.807) is 0 Å². The Morgan fingerprint density at radius 3 is 2.71 bits per heavy atom. The van der Waals surface area contributed by atoms with Crippen molar-refractivity contribution in [2.45, 2.75) is 38.6 Å². The third-order valence-electron chi connectivity index (χ3n) is 3.46. The summed E-state index contributed by atoms with van der Waals surface area (Å²) in [5.74, 6) is 0. The van der Waals surface area contributed by atoms with E-state index in [1.165, 1.54) is 43.5 Å². The predicted octanol–water partition coefficient (Wildman–Crippen LogP) is 2.96. The molecule has 0 bridgehead atoms. The summed E-state index contributed by atoms with van der Waals surface area (Å²) in [5, 5.41) is 3.56. The lowest BCUT2D eigenvalue weighted by atomic mass is 10.2. The lowest BCUT2D eigenvalue weighted by Crippen LogP contribution is -2.22. The van der Waals surface area contributed by atoms with Crippen LogP contribution in [0.1, 0.15) is 31.2 Å². The highest BCUT2D eigenvalue weighted by Gasteiger charge is 2.19. The van der Waals surface area contributed by atoms with E-state index in [1.807, 2.05) is 0 Å². The van der Waals surface area contributed by atoms with Gasteiger partial charge >= 0.3 is 0 Å². The topological polar surface area (TPSA) is 15.3 Å². The maximum atomic E-state index is 3.56. The fourth-order valence-electron chi connectivity index (χ4n) is 2.18. The summed E-state index contributed by atoms with van der Waals surface area (Å²) >= 11 is 0. The van der Waals surface area contributed by atoms with Crippen LogP contribution in [0.25, 0.3) is 0 Å². The van der Waals surface area contributed by atoms with Crippen molar-refractivity contribution in [3.63, 3.8) is 0 Å². The zero-order valence-corrected chi connectivity index (χ0v) is 11.1. The summed E-state index contributed by atoms with van der Waals surface area (Å²) in [6.45, 7) is 4.52. The van der Waals surface area contributed by atoms with Crippen LogP contribution in [0.4, 0.5) is 5.69 Å². The molecule has 2 heteroatoms. The summed E-state index contributed by atoms with van der Waals surface area (Å²) in [6, 6.07) is 9.46. The van der Waals surface area contributed by atoms with Crippen LogP contribution in [0.3, 0.4) is 0 Å². The molecule has 0 heterocycles. The average molecular weight is 232 g/mol. The van der Waals surface area contributed by atoms with Gasteiger partial charge in [0.2, 0.25) is 0 Å². The number of unbranched alkanes of at least 4 members (excludes halogenated alkanes) is 1. The number of anilines is 1. The molecule has 0 spiro atoms. The van der Waals surface area contributed by atoms with Crippen LogP contribution in [0.15, 0.2) is 24.3 Å². The van der Waals surface area contributed by atoms with E-state index in [2.05, 4.69) is 48.5 Å². The Labute approximate surface area is 105 Å². The predicted molar refractivity (Wildman–Crippen MR) is 74.7 cm³/mol. The number of rotatable bonds is 7. The Morgan fingerprint density at radius 1 is 1.24 bits per heavy atom. The monoisotopic (exact) mass is 232 g/mol. The van der Waals surface area contributed by atoms with Crippen LogP contribution in [-0.2, 0) is 0 Å². The van der Waals surface area contributed by atoms with Gasteiger partial charge in [-0.05, 0) is 50.8 Å². The molecule has 1 aliphatic carbocycles. The van der Waals surface area contributed by atoms with Gasteiger partial charge in [-0.2, -0.15) is 0 Å². The molecular weight excluding hydrogens is 208 g/mol. The number of benzene rings is 1. The van der Waals surface area contributed by atoms with Crippen molar-refractivity contribution in [1.29, 1.82) is 0 Å². The largest absolute Gasteiger partial charge is 0.374 e. The SMILES string of the molecule is Cc1ccccc1N(C)CCCCNC1CC1. The first-order valence-electron chi connectivity index (χ1n) is 6.77. The van der Waals surface area contributed by atoms with Gasteiger partial charge in [0, 0.05) is 25.3 Å². The van der Waals surface area contributed by atoms with E-state index >= 15 is 0 Å². The van der Waals surface area contributed by atoms with Crippen LogP contribution in [0.5, 0.6) is 0 Å². The van der Waals surface area contributed by atoms with Crippen LogP contribution < -0.4 is 10.2 Å². The third-order valence-corrected chi connectivity index (χ3v) is 3.46. The first kappa shape index (κ1) is 12.4. The third kappa shape index (κ3) is 4.04. The van der Waals surface area contributed by atoms with Crippen LogP contribution in [0, 0.1) is 6.92 Å². The standard InChI is InChI=1S/C15H24N2/c1-13-7-3-4-8-15(13)17(2)12-6-5-11-16-14-9-10-14/h3-4,7-8,14,16H,5-6,9-12H2,1-2H3. The van der Waals surface area contributed by atoms with Gasteiger partial charge in [0.1, 0.15) is 0 Å². The summed E-state index contributed by atoms with van der Waals surface area (Å²) < 4.78 is 0. The molecule has 2 nitrogen and oxygen atoms in total. The van der Waals surface area contributed by atoms with Crippen molar-refractivity contribution < 1.29 is 0 Å². The minimum atomic E-state index is 0.851. The molecule has 0 atom stereocenters. The van der Waals surface area contributed by atoms with Gasteiger partial charge in [-0.3, -0.25) is 0 Å². The molecule has 0 saturated heterocycles. The number of aryl methyl sites for hydroxylation is 1. The van der Waals surface area contributed by atoms with Crippen molar-refractivity contribution in [2.24, 2.45) is 0 Å².